The first-order chi connectivity index (χ1) is 12.6. The van der Waals surface area contributed by atoms with E-state index >= 15 is 0 Å². The molecule has 1 aliphatic heterocycles. The number of nitrogens with one attached hydrogen (secondary N) is 2. The largest absolute Gasteiger partial charge is 0.354 e. The van der Waals surface area contributed by atoms with Gasteiger partial charge in [0.15, 0.2) is 5.69 Å². The number of aromatic amines is 1. The van der Waals surface area contributed by atoms with Crippen LogP contribution in [0.25, 0.3) is 10.9 Å². The highest BCUT2D eigenvalue weighted by Gasteiger charge is 2.25. The van der Waals surface area contributed by atoms with Gasteiger partial charge in [-0.15, -0.1) is 0 Å². The molecular weight excluding hydrogens is 330 g/mol. The SMILES string of the molecule is CNC(=O)c1n[nH]c2c1CN(Cc1cc3ccccc3n(C)c1=O)CC2. The van der Waals surface area contributed by atoms with Gasteiger partial charge in [0.25, 0.3) is 11.5 Å². The molecule has 3 aromatic rings. The van der Waals surface area contributed by atoms with Gasteiger partial charge in [0, 0.05) is 57.0 Å². The van der Waals surface area contributed by atoms with E-state index in [9.17, 15) is 9.59 Å². The van der Waals surface area contributed by atoms with Gasteiger partial charge in [-0.05, 0) is 17.5 Å². The van der Waals surface area contributed by atoms with Crippen LogP contribution in [0, 0.1) is 0 Å². The summed E-state index contributed by atoms with van der Waals surface area (Å²) in [6, 6.07) is 9.86. The molecule has 2 N–H and O–H groups in total. The number of hydrogen-bond acceptors (Lipinski definition) is 4. The first-order valence-corrected chi connectivity index (χ1v) is 8.66. The van der Waals surface area contributed by atoms with Gasteiger partial charge < -0.3 is 9.88 Å². The van der Waals surface area contributed by atoms with Gasteiger partial charge in [-0.25, -0.2) is 0 Å². The topological polar surface area (TPSA) is 83.0 Å². The summed E-state index contributed by atoms with van der Waals surface area (Å²) in [5.41, 5.74) is 4.09. The minimum Gasteiger partial charge on any atom is -0.354 e. The molecule has 0 atom stereocenters. The number of carbonyl (C=O) groups is 1. The maximum Gasteiger partial charge on any atom is 0.271 e. The first-order valence-electron chi connectivity index (χ1n) is 8.66. The van der Waals surface area contributed by atoms with E-state index in [1.54, 1.807) is 11.6 Å². The van der Waals surface area contributed by atoms with Crippen molar-refractivity contribution in [3.8, 4) is 0 Å². The van der Waals surface area contributed by atoms with Crippen molar-refractivity contribution in [1.29, 1.82) is 0 Å². The molecule has 1 aromatic carbocycles. The van der Waals surface area contributed by atoms with Gasteiger partial charge >= 0.3 is 0 Å². The fraction of sp³-hybridized carbons (Fsp3) is 0.316. The molecule has 4 rings (SSSR count). The smallest absolute Gasteiger partial charge is 0.271 e. The van der Waals surface area contributed by atoms with Crippen LogP contribution in [0.5, 0.6) is 0 Å². The molecule has 0 radical (unpaired) electrons. The summed E-state index contributed by atoms with van der Waals surface area (Å²) in [6.07, 6.45) is 0.785. The average molecular weight is 351 g/mol. The van der Waals surface area contributed by atoms with E-state index in [-0.39, 0.29) is 11.5 Å². The Balaban J connectivity index is 1.64. The molecule has 7 heteroatoms. The molecule has 0 bridgehead atoms. The molecule has 0 fully saturated rings. The predicted octanol–water partition coefficient (Wildman–Crippen LogP) is 1.18. The minimum atomic E-state index is -0.189. The molecule has 0 aliphatic carbocycles. The number of benzene rings is 1. The van der Waals surface area contributed by atoms with Crippen LogP contribution in [0.2, 0.25) is 0 Å². The number of para-hydroxylation sites is 1. The van der Waals surface area contributed by atoms with Gasteiger partial charge in [0.1, 0.15) is 0 Å². The first kappa shape index (κ1) is 16.5. The third-order valence-electron chi connectivity index (χ3n) is 5.06. The quantitative estimate of drug-likeness (QED) is 0.742. The lowest BCUT2D eigenvalue weighted by molar-refractivity contribution is 0.0955. The number of rotatable bonds is 3. The van der Waals surface area contributed by atoms with Crippen molar-refractivity contribution in [2.75, 3.05) is 13.6 Å². The van der Waals surface area contributed by atoms with Gasteiger partial charge in [0.2, 0.25) is 0 Å². The number of aryl methyl sites for hydroxylation is 1. The molecule has 7 nitrogen and oxygen atoms in total. The summed E-state index contributed by atoms with van der Waals surface area (Å²) in [5.74, 6) is -0.189. The summed E-state index contributed by atoms with van der Waals surface area (Å²) in [4.78, 5) is 26.9. The van der Waals surface area contributed by atoms with Gasteiger partial charge in [0.05, 0.1) is 5.52 Å². The molecule has 134 valence electrons. The zero-order valence-corrected chi connectivity index (χ0v) is 14.9. The maximum atomic E-state index is 12.7. The molecule has 3 heterocycles. The fourth-order valence-electron chi connectivity index (χ4n) is 3.64. The standard InChI is InChI=1S/C19H21N5O2/c1-20-18(25)17-14-11-24(8-7-15(14)21-22-17)10-13-9-12-5-3-4-6-16(12)23(2)19(13)26/h3-6,9H,7-8,10-11H2,1-2H3,(H,20,25)(H,21,22). The van der Waals surface area contributed by atoms with Crippen molar-refractivity contribution >= 4 is 16.8 Å². The lowest BCUT2D eigenvalue weighted by Crippen LogP contribution is -2.34. The van der Waals surface area contributed by atoms with Crippen LogP contribution in [0.4, 0.5) is 0 Å². The number of amides is 1. The zero-order valence-electron chi connectivity index (χ0n) is 14.9. The summed E-state index contributed by atoms with van der Waals surface area (Å²) in [5, 5.41) is 10.8. The maximum absolute atomic E-state index is 12.7. The van der Waals surface area contributed by atoms with E-state index in [1.165, 1.54) is 0 Å². The second-order valence-electron chi connectivity index (χ2n) is 6.66. The van der Waals surface area contributed by atoms with Crippen molar-refractivity contribution in [2.24, 2.45) is 7.05 Å². The van der Waals surface area contributed by atoms with E-state index in [1.807, 2.05) is 37.4 Å². The summed E-state index contributed by atoms with van der Waals surface area (Å²) in [6.45, 7) is 1.97. The number of fused-ring (bicyclic) bond motifs is 2. The number of aromatic nitrogens is 3. The molecule has 0 saturated heterocycles. The van der Waals surface area contributed by atoms with Crippen LogP contribution in [0.1, 0.15) is 27.3 Å². The van der Waals surface area contributed by atoms with Crippen LogP contribution in [0.3, 0.4) is 0 Å². The molecular formula is C19H21N5O2. The van der Waals surface area contributed by atoms with Crippen molar-refractivity contribution in [1.82, 2.24) is 25.0 Å². The Hall–Kier alpha value is -2.93. The molecule has 1 amide bonds. The number of pyridine rings is 1. The zero-order chi connectivity index (χ0) is 18.3. The third kappa shape index (κ3) is 2.70. The number of H-pyrrole nitrogens is 1. The number of carbonyl (C=O) groups excluding carboxylic acids is 1. The lowest BCUT2D eigenvalue weighted by atomic mass is 10.0. The third-order valence-corrected chi connectivity index (χ3v) is 5.06. The Bertz CT molecular complexity index is 1050. The van der Waals surface area contributed by atoms with Crippen molar-refractivity contribution in [3.05, 3.63) is 63.2 Å². The molecule has 26 heavy (non-hydrogen) atoms. The second-order valence-corrected chi connectivity index (χ2v) is 6.66. The van der Waals surface area contributed by atoms with Crippen LogP contribution >= 0.6 is 0 Å². The molecule has 1 aliphatic rings. The highest BCUT2D eigenvalue weighted by Crippen LogP contribution is 2.22. The molecule has 2 aromatic heterocycles. The van der Waals surface area contributed by atoms with E-state index in [4.69, 9.17) is 0 Å². The Labute approximate surface area is 150 Å². The van der Waals surface area contributed by atoms with Crippen LogP contribution in [-0.4, -0.2) is 39.2 Å². The van der Waals surface area contributed by atoms with Crippen LogP contribution < -0.4 is 10.9 Å². The van der Waals surface area contributed by atoms with Crippen molar-refractivity contribution < 1.29 is 4.79 Å². The predicted molar refractivity (Wildman–Crippen MR) is 99.0 cm³/mol. The van der Waals surface area contributed by atoms with Gasteiger partial charge in [-0.3, -0.25) is 19.6 Å². The summed E-state index contributed by atoms with van der Waals surface area (Å²) >= 11 is 0. The van der Waals surface area contributed by atoms with Crippen LogP contribution in [-0.2, 0) is 26.6 Å². The Kier molecular flexibility index (Phi) is 4.08. The Morgan fingerprint density at radius 1 is 1.35 bits per heavy atom. The lowest BCUT2D eigenvalue weighted by Gasteiger charge is -2.27. The van der Waals surface area contributed by atoms with E-state index in [0.29, 0.717) is 18.8 Å². The van der Waals surface area contributed by atoms with Crippen molar-refractivity contribution in [2.45, 2.75) is 19.5 Å². The van der Waals surface area contributed by atoms with E-state index < -0.39 is 0 Å². The highest BCUT2D eigenvalue weighted by molar-refractivity contribution is 5.93. The summed E-state index contributed by atoms with van der Waals surface area (Å²) < 4.78 is 1.70. The van der Waals surface area contributed by atoms with Gasteiger partial charge in [-0.1, -0.05) is 18.2 Å². The molecule has 0 saturated carbocycles. The summed E-state index contributed by atoms with van der Waals surface area (Å²) in [7, 11) is 3.41. The Morgan fingerprint density at radius 3 is 2.96 bits per heavy atom. The minimum absolute atomic E-state index is 0.0215. The fourth-order valence-corrected chi connectivity index (χ4v) is 3.64. The van der Waals surface area contributed by atoms with Crippen LogP contribution in [0.15, 0.2) is 35.1 Å². The molecule has 0 unspecified atom stereocenters. The number of nitrogens with zero attached hydrogens (tertiary/aromatic N) is 3. The van der Waals surface area contributed by atoms with Gasteiger partial charge in [-0.2, -0.15) is 5.10 Å². The van der Waals surface area contributed by atoms with E-state index in [0.717, 1.165) is 40.7 Å². The molecule has 0 spiro atoms. The highest BCUT2D eigenvalue weighted by atomic mass is 16.2. The normalized spacial score (nSPS) is 14.4. The average Bonchev–Trinajstić information content (AvgIpc) is 3.08. The number of hydrogen-bond donors (Lipinski definition) is 2. The van der Waals surface area contributed by atoms with Crippen molar-refractivity contribution in [3.63, 3.8) is 0 Å². The second kappa shape index (κ2) is 6.42. The Morgan fingerprint density at radius 2 is 2.15 bits per heavy atom. The van der Waals surface area contributed by atoms with E-state index in [2.05, 4.69) is 20.4 Å². The monoisotopic (exact) mass is 351 g/mol.